The molecular formula is C18H21N5O2. The number of para-hydroxylation sites is 1. The summed E-state index contributed by atoms with van der Waals surface area (Å²) in [7, 11) is 0. The number of hydrogen-bond donors (Lipinski definition) is 1. The molecule has 3 aromatic rings. The molecule has 7 heteroatoms. The van der Waals surface area contributed by atoms with Gasteiger partial charge in [0, 0.05) is 11.4 Å². The van der Waals surface area contributed by atoms with Crippen molar-refractivity contribution in [2.45, 2.75) is 51.1 Å². The van der Waals surface area contributed by atoms with E-state index in [1.807, 2.05) is 31.2 Å². The number of rotatable bonds is 5. The molecule has 0 spiro atoms. The summed E-state index contributed by atoms with van der Waals surface area (Å²) in [5.74, 6) is 0.706. The minimum atomic E-state index is -0.200. The molecule has 130 valence electrons. The van der Waals surface area contributed by atoms with Gasteiger partial charge in [0.25, 0.3) is 0 Å². The number of hydrogen-bond acceptors (Lipinski definition) is 5. The molecule has 1 aromatic carbocycles. The topological polar surface area (TPSA) is 85.8 Å². The molecule has 4 rings (SSSR count). The monoisotopic (exact) mass is 339 g/mol. The van der Waals surface area contributed by atoms with Crippen molar-refractivity contribution >= 4 is 16.9 Å². The van der Waals surface area contributed by atoms with Crippen molar-refractivity contribution in [3.63, 3.8) is 0 Å². The van der Waals surface area contributed by atoms with Crippen LogP contribution in [0.3, 0.4) is 0 Å². The van der Waals surface area contributed by atoms with E-state index < -0.39 is 0 Å². The van der Waals surface area contributed by atoms with Crippen LogP contribution in [-0.4, -0.2) is 25.8 Å². The highest BCUT2D eigenvalue weighted by Gasteiger charge is 2.23. The predicted octanol–water partition coefficient (Wildman–Crippen LogP) is 2.95. The number of amides is 1. The van der Waals surface area contributed by atoms with Crippen molar-refractivity contribution < 1.29 is 9.32 Å². The SMILES string of the molecule is C[C@@H](NC(=O)Cc1noc2ccccc12)c1nncn1C1CCCC1. The molecule has 1 amide bonds. The summed E-state index contributed by atoms with van der Waals surface area (Å²) in [4.78, 5) is 12.4. The molecule has 1 fully saturated rings. The fraction of sp³-hybridized carbons (Fsp3) is 0.444. The highest BCUT2D eigenvalue weighted by molar-refractivity contribution is 5.86. The van der Waals surface area contributed by atoms with Crippen molar-refractivity contribution in [1.29, 1.82) is 0 Å². The van der Waals surface area contributed by atoms with E-state index in [9.17, 15) is 4.79 Å². The zero-order valence-electron chi connectivity index (χ0n) is 14.2. The summed E-state index contributed by atoms with van der Waals surface area (Å²) < 4.78 is 7.37. The van der Waals surface area contributed by atoms with Crippen molar-refractivity contribution in [2.75, 3.05) is 0 Å². The van der Waals surface area contributed by atoms with Gasteiger partial charge in [-0.15, -0.1) is 10.2 Å². The van der Waals surface area contributed by atoms with Gasteiger partial charge in [-0.05, 0) is 31.9 Å². The third-order valence-electron chi connectivity index (χ3n) is 4.86. The Balaban J connectivity index is 1.45. The van der Waals surface area contributed by atoms with Crippen molar-refractivity contribution in [3.8, 4) is 0 Å². The molecule has 2 heterocycles. The van der Waals surface area contributed by atoms with Gasteiger partial charge in [0.2, 0.25) is 5.91 Å². The number of carbonyl (C=O) groups is 1. The van der Waals surface area contributed by atoms with Gasteiger partial charge >= 0.3 is 0 Å². The molecule has 1 aliphatic rings. The van der Waals surface area contributed by atoms with E-state index in [2.05, 4.69) is 25.2 Å². The zero-order chi connectivity index (χ0) is 17.2. The summed E-state index contributed by atoms with van der Waals surface area (Å²) in [5.41, 5.74) is 1.34. The van der Waals surface area contributed by atoms with E-state index in [-0.39, 0.29) is 18.4 Å². The molecule has 1 atom stereocenters. The lowest BCUT2D eigenvalue weighted by atomic mass is 10.1. The van der Waals surface area contributed by atoms with Crippen molar-refractivity contribution in [2.24, 2.45) is 0 Å². The molecule has 1 N–H and O–H groups in total. The molecule has 1 saturated carbocycles. The Bertz CT molecular complexity index is 878. The first-order valence-corrected chi connectivity index (χ1v) is 8.74. The minimum Gasteiger partial charge on any atom is -0.356 e. The molecule has 1 aliphatic carbocycles. The number of benzene rings is 1. The Morgan fingerprint density at radius 1 is 1.36 bits per heavy atom. The average Bonchev–Trinajstić information content (AvgIpc) is 3.35. The minimum absolute atomic E-state index is 0.104. The second-order valence-electron chi connectivity index (χ2n) is 6.63. The number of carbonyl (C=O) groups excluding carboxylic acids is 1. The maximum absolute atomic E-state index is 12.4. The molecule has 7 nitrogen and oxygen atoms in total. The number of nitrogens with zero attached hydrogens (tertiary/aromatic N) is 4. The molecule has 0 unspecified atom stereocenters. The molecule has 25 heavy (non-hydrogen) atoms. The van der Waals surface area contributed by atoms with Gasteiger partial charge in [0.05, 0.1) is 12.5 Å². The fourth-order valence-electron chi connectivity index (χ4n) is 3.60. The largest absolute Gasteiger partial charge is 0.356 e. The van der Waals surface area contributed by atoms with Gasteiger partial charge < -0.3 is 14.4 Å². The maximum atomic E-state index is 12.4. The highest BCUT2D eigenvalue weighted by Crippen LogP contribution is 2.31. The first kappa shape index (κ1) is 15.8. The van der Waals surface area contributed by atoms with Crippen LogP contribution in [-0.2, 0) is 11.2 Å². The Labute approximate surface area is 145 Å². The van der Waals surface area contributed by atoms with E-state index in [4.69, 9.17) is 4.52 Å². The van der Waals surface area contributed by atoms with Crippen LogP contribution in [0, 0.1) is 0 Å². The maximum Gasteiger partial charge on any atom is 0.226 e. The second-order valence-corrected chi connectivity index (χ2v) is 6.63. The van der Waals surface area contributed by atoms with Crippen LogP contribution < -0.4 is 5.32 Å². The Kier molecular flexibility index (Phi) is 4.21. The summed E-state index contributed by atoms with van der Waals surface area (Å²) in [5, 5.41) is 16.2. The van der Waals surface area contributed by atoms with Gasteiger partial charge in [-0.3, -0.25) is 4.79 Å². The van der Waals surface area contributed by atoms with Gasteiger partial charge in [-0.2, -0.15) is 0 Å². The Morgan fingerprint density at radius 2 is 2.16 bits per heavy atom. The number of fused-ring (bicyclic) bond motifs is 1. The lowest BCUT2D eigenvalue weighted by Crippen LogP contribution is -2.30. The number of aromatic nitrogens is 4. The quantitative estimate of drug-likeness (QED) is 0.772. The summed E-state index contributed by atoms with van der Waals surface area (Å²) >= 11 is 0. The van der Waals surface area contributed by atoms with Crippen LogP contribution in [0.2, 0.25) is 0 Å². The third kappa shape index (κ3) is 3.14. The molecule has 2 aromatic heterocycles. The smallest absolute Gasteiger partial charge is 0.226 e. The summed E-state index contributed by atoms with van der Waals surface area (Å²) in [6.45, 7) is 1.94. The van der Waals surface area contributed by atoms with E-state index in [0.29, 0.717) is 17.3 Å². The predicted molar refractivity (Wildman–Crippen MR) is 91.8 cm³/mol. The second kappa shape index (κ2) is 6.66. The standard InChI is InChI=1S/C18H21N5O2/c1-12(18-21-19-11-23(18)13-6-2-3-7-13)20-17(24)10-15-14-8-4-5-9-16(14)25-22-15/h4-5,8-9,11-13H,2-3,6-7,10H2,1H3,(H,20,24)/t12-/m1/s1. The van der Waals surface area contributed by atoms with Gasteiger partial charge in [-0.1, -0.05) is 30.1 Å². The van der Waals surface area contributed by atoms with E-state index in [1.54, 1.807) is 6.33 Å². The van der Waals surface area contributed by atoms with E-state index >= 15 is 0 Å². The van der Waals surface area contributed by atoms with Gasteiger partial charge in [0.15, 0.2) is 11.4 Å². The first-order chi connectivity index (χ1) is 12.2. The van der Waals surface area contributed by atoms with E-state index in [1.165, 1.54) is 12.8 Å². The molecule has 0 bridgehead atoms. The highest BCUT2D eigenvalue weighted by atomic mass is 16.5. The first-order valence-electron chi connectivity index (χ1n) is 8.74. The normalized spacial score (nSPS) is 16.4. The molecule has 0 aliphatic heterocycles. The Morgan fingerprint density at radius 3 is 3.00 bits per heavy atom. The average molecular weight is 339 g/mol. The van der Waals surface area contributed by atoms with Crippen molar-refractivity contribution in [3.05, 3.63) is 42.1 Å². The van der Waals surface area contributed by atoms with Gasteiger partial charge in [-0.25, -0.2) is 0 Å². The fourth-order valence-corrected chi connectivity index (χ4v) is 3.60. The van der Waals surface area contributed by atoms with Crippen LogP contribution in [0.1, 0.15) is 56.2 Å². The lowest BCUT2D eigenvalue weighted by molar-refractivity contribution is -0.121. The van der Waals surface area contributed by atoms with Crippen LogP contribution in [0.5, 0.6) is 0 Å². The molecule has 0 saturated heterocycles. The zero-order valence-corrected chi connectivity index (χ0v) is 14.2. The van der Waals surface area contributed by atoms with Crippen LogP contribution >= 0.6 is 0 Å². The molecule has 0 radical (unpaired) electrons. The molecular weight excluding hydrogens is 318 g/mol. The van der Waals surface area contributed by atoms with Crippen LogP contribution in [0.4, 0.5) is 0 Å². The van der Waals surface area contributed by atoms with Crippen LogP contribution in [0.25, 0.3) is 11.0 Å². The van der Waals surface area contributed by atoms with E-state index in [0.717, 1.165) is 24.1 Å². The third-order valence-corrected chi connectivity index (χ3v) is 4.86. The summed E-state index contributed by atoms with van der Waals surface area (Å²) in [6, 6.07) is 7.80. The Hall–Kier alpha value is -2.70. The van der Waals surface area contributed by atoms with Crippen molar-refractivity contribution in [1.82, 2.24) is 25.2 Å². The lowest BCUT2D eigenvalue weighted by Gasteiger charge is -2.18. The van der Waals surface area contributed by atoms with Crippen LogP contribution in [0.15, 0.2) is 35.1 Å². The number of nitrogens with one attached hydrogen (secondary N) is 1. The summed E-state index contributed by atoms with van der Waals surface area (Å²) in [6.07, 6.45) is 6.73. The van der Waals surface area contributed by atoms with Gasteiger partial charge in [0.1, 0.15) is 12.0 Å².